The minimum absolute atomic E-state index is 0.337. The summed E-state index contributed by atoms with van der Waals surface area (Å²) in [7, 11) is 1.33. The molecular formula is C13H14N4O3S2. The molecule has 0 radical (unpaired) electrons. The number of rotatable bonds is 5. The van der Waals surface area contributed by atoms with Crippen LogP contribution in [0.2, 0.25) is 0 Å². The number of benzene rings is 1. The highest BCUT2D eigenvalue weighted by molar-refractivity contribution is 8.02. The molecule has 1 aromatic heterocycles. The number of hydrogen-bond acceptors (Lipinski definition) is 7. The van der Waals surface area contributed by atoms with Crippen LogP contribution in [0.3, 0.4) is 0 Å². The molecule has 9 heteroatoms. The van der Waals surface area contributed by atoms with Crippen molar-refractivity contribution < 1.29 is 14.3 Å². The zero-order valence-corrected chi connectivity index (χ0v) is 13.5. The van der Waals surface area contributed by atoms with E-state index in [-0.39, 0.29) is 11.2 Å². The summed E-state index contributed by atoms with van der Waals surface area (Å²) < 4.78 is 5.22. The van der Waals surface area contributed by atoms with Gasteiger partial charge in [-0.2, -0.15) is 0 Å². The maximum absolute atomic E-state index is 11.8. The molecule has 0 saturated carbocycles. The van der Waals surface area contributed by atoms with Gasteiger partial charge >= 0.3 is 12.0 Å². The average Bonchev–Trinajstić information content (AvgIpc) is 2.94. The van der Waals surface area contributed by atoms with Gasteiger partial charge in [0.1, 0.15) is 5.25 Å². The number of methoxy groups -OCH3 is 1. The molecule has 2 N–H and O–H groups in total. The number of urea groups is 1. The zero-order valence-electron chi connectivity index (χ0n) is 11.9. The second-order valence-corrected chi connectivity index (χ2v) is 6.67. The number of carbonyl (C=O) groups excluding carboxylic acids is 2. The predicted molar refractivity (Wildman–Crippen MR) is 86.3 cm³/mol. The predicted octanol–water partition coefficient (Wildman–Crippen LogP) is 2.84. The minimum Gasteiger partial charge on any atom is -0.468 e. The van der Waals surface area contributed by atoms with Crippen LogP contribution in [0.15, 0.2) is 34.7 Å². The third kappa shape index (κ3) is 4.71. The Morgan fingerprint density at radius 2 is 1.95 bits per heavy atom. The van der Waals surface area contributed by atoms with Crippen molar-refractivity contribution in [2.24, 2.45) is 0 Å². The van der Waals surface area contributed by atoms with E-state index in [0.29, 0.717) is 15.2 Å². The molecule has 0 bridgehead atoms. The summed E-state index contributed by atoms with van der Waals surface area (Å²) in [5.41, 5.74) is 0.679. The van der Waals surface area contributed by atoms with Crippen molar-refractivity contribution in [1.82, 2.24) is 10.2 Å². The molecule has 1 atom stereocenters. The maximum atomic E-state index is 11.8. The number of amides is 2. The van der Waals surface area contributed by atoms with E-state index in [4.69, 9.17) is 0 Å². The smallest absolute Gasteiger partial charge is 0.325 e. The van der Waals surface area contributed by atoms with Gasteiger partial charge < -0.3 is 10.1 Å². The van der Waals surface area contributed by atoms with Crippen LogP contribution in [0.25, 0.3) is 0 Å². The molecule has 1 heterocycles. The van der Waals surface area contributed by atoms with Gasteiger partial charge in [-0.1, -0.05) is 41.3 Å². The molecule has 1 aromatic carbocycles. The van der Waals surface area contributed by atoms with Crippen LogP contribution in [-0.4, -0.2) is 34.6 Å². The first-order chi connectivity index (χ1) is 10.6. The third-order valence-electron chi connectivity index (χ3n) is 2.47. The highest BCUT2D eigenvalue weighted by Gasteiger charge is 2.17. The Bertz CT molecular complexity index is 648. The van der Waals surface area contributed by atoms with Crippen molar-refractivity contribution in [3.63, 3.8) is 0 Å². The number of para-hydroxylation sites is 1. The molecule has 0 spiro atoms. The fourth-order valence-electron chi connectivity index (χ4n) is 1.45. The first-order valence-electron chi connectivity index (χ1n) is 6.29. The van der Waals surface area contributed by atoms with Crippen LogP contribution in [0.4, 0.5) is 15.6 Å². The van der Waals surface area contributed by atoms with Crippen LogP contribution < -0.4 is 10.6 Å². The Morgan fingerprint density at radius 3 is 2.64 bits per heavy atom. The number of esters is 1. The fraction of sp³-hybridized carbons (Fsp3) is 0.231. The largest absolute Gasteiger partial charge is 0.468 e. The summed E-state index contributed by atoms with van der Waals surface area (Å²) in [6, 6.07) is 8.66. The molecule has 2 amide bonds. The lowest BCUT2D eigenvalue weighted by Crippen LogP contribution is -2.19. The summed E-state index contributed by atoms with van der Waals surface area (Å²) in [6.45, 7) is 1.72. The van der Waals surface area contributed by atoms with Crippen molar-refractivity contribution >= 4 is 45.9 Å². The highest BCUT2D eigenvalue weighted by atomic mass is 32.2. The molecule has 116 valence electrons. The molecule has 0 aliphatic rings. The number of thioether (sulfide) groups is 1. The summed E-state index contributed by atoms with van der Waals surface area (Å²) in [4.78, 5) is 23.1. The Balaban J connectivity index is 1.89. The first kappa shape index (κ1) is 16.2. The monoisotopic (exact) mass is 338 g/mol. The summed E-state index contributed by atoms with van der Waals surface area (Å²) in [6.07, 6.45) is 0. The lowest BCUT2D eigenvalue weighted by molar-refractivity contribution is -0.139. The molecule has 22 heavy (non-hydrogen) atoms. The molecule has 2 rings (SSSR count). The average molecular weight is 338 g/mol. The quantitative estimate of drug-likeness (QED) is 0.495. The van der Waals surface area contributed by atoms with E-state index in [1.54, 1.807) is 19.1 Å². The van der Waals surface area contributed by atoms with Crippen LogP contribution >= 0.6 is 23.1 Å². The van der Waals surface area contributed by atoms with Gasteiger partial charge in [0.2, 0.25) is 5.13 Å². The molecule has 0 saturated heterocycles. The molecule has 0 fully saturated rings. The van der Waals surface area contributed by atoms with Crippen LogP contribution in [0, 0.1) is 0 Å². The molecule has 7 nitrogen and oxygen atoms in total. The number of anilines is 2. The topological polar surface area (TPSA) is 93.2 Å². The zero-order chi connectivity index (χ0) is 15.9. The first-order valence-corrected chi connectivity index (χ1v) is 7.99. The Kier molecular flexibility index (Phi) is 5.73. The van der Waals surface area contributed by atoms with E-state index in [9.17, 15) is 9.59 Å². The lowest BCUT2D eigenvalue weighted by atomic mass is 10.3. The van der Waals surface area contributed by atoms with Crippen LogP contribution in [0.5, 0.6) is 0 Å². The molecule has 0 aliphatic heterocycles. The Labute approximate surface area is 135 Å². The van der Waals surface area contributed by atoms with Crippen molar-refractivity contribution in [3.8, 4) is 0 Å². The lowest BCUT2D eigenvalue weighted by Gasteiger charge is -2.05. The fourth-order valence-corrected chi connectivity index (χ4v) is 3.37. The molecule has 2 aromatic rings. The third-order valence-corrected chi connectivity index (χ3v) is 4.47. The van der Waals surface area contributed by atoms with Gasteiger partial charge in [0, 0.05) is 5.69 Å². The van der Waals surface area contributed by atoms with Gasteiger partial charge in [0.05, 0.1) is 7.11 Å². The normalized spacial score (nSPS) is 11.5. The van der Waals surface area contributed by atoms with E-state index < -0.39 is 6.03 Å². The number of aromatic nitrogens is 2. The van der Waals surface area contributed by atoms with Crippen LogP contribution in [0.1, 0.15) is 6.92 Å². The standard InChI is InChI=1S/C13H14N4O3S2/c1-8(10(18)20-2)21-13-17-16-12(22-13)15-11(19)14-9-6-4-3-5-7-9/h3-8H,1-2H3,(H2,14,15,16,19)/t8-/m1/s1. The van der Waals surface area contributed by atoms with Crippen molar-refractivity contribution in [3.05, 3.63) is 30.3 Å². The van der Waals surface area contributed by atoms with Crippen molar-refractivity contribution in [1.29, 1.82) is 0 Å². The highest BCUT2D eigenvalue weighted by Crippen LogP contribution is 2.29. The number of nitrogens with zero attached hydrogens (tertiary/aromatic N) is 2. The van der Waals surface area contributed by atoms with Crippen molar-refractivity contribution in [2.45, 2.75) is 16.5 Å². The number of nitrogens with one attached hydrogen (secondary N) is 2. The molecule has 0 unspecified atom stereocenters. The van der Waals surface area contributed by atoms with Crippen LogP contribution in [-0.2, 0) is 9.53 Å². The SMILES string of the molecule is COC(=O)[C@@H](C)Sc1nnc(NC(=O)Nc2ccccc2)s1. The van der Waals surface area contributed by atoms with Crippen molar-refractivity contribution in [2.75, 3.05) is 17.7 Å². The molecule has 0 aliphatic carbocycles. The number of ether oxygens (including phenoxy) is 1. The van der Waals surface area contributed by atoms with Gasteiger partial charge in [-0.25, -0.2) is 4.79 Å². The van der Waals surface area contributed by atoms with Gasteiger partial charge in [0.15, 0.2) is 4.34 Å². The van der Waals surface area contributed by atoms with E-state index >= 15 is 0 Å². The summed E-state index contributed by atoms with van der Waals surface area (Å²) >= 11 is 2.42. The van der Waals surface area contributed by atoms with E-state index in [1.165, 1.54) is 30.2 Å². The second kappa shape index (κ2) is 7.76. The van der Waals surface area contributed by atoms with Gasteiger partial charge in [0.25, 0.3) is 0 Å². The van der Waals surface area contributed by atoms with Gasteiger partial charge in [-0.05, 0) is 19.1 Å². The van der Waals surface area contributed by atoms with E-state index in [0.717, 1.165) is 0 Å². The summed E-state index contributed by atoms with van der Waals surface area (Å²) in [5.74, 6) is -0.337. The van der Waals surface area contributed by atoms with Gasteiger partial charge in [-0.3, -0.25) is 10.1 Å². The summed E-state index contributed by atoms with van der Waals surface area (Å²) in [5, 5.41) is 13.0. The number of hydrogen-bond donors (Lipinski definition) is 2. The maximum Gasteiger partial charge on any atom is 0.325 e. The number of carbonyl (C=O) groups is 2. The Morgan fingerprint density at radius 1 is 1.23 bits per heavy atom. The molecular weight excluding hydrogens is 324 g/mol. The second-order valence-electron chi connectivity index (χ2n) is 4.10. The van der Waals surface area contributed by atoms with E-state index in [2.05, 4.69) is 25.6 Å². The Hall–Kier alpha value is -2.13. The van der Waals surface area contributed by atoms with E-state index in [1.807, 2.05) is 18.2 Å². The minimum atomic E-state index is -0.403. The van der Waals surface area contributed by atoms with Gasteiger partial charge in [-0.15, -0.1) is 10.2 Å².